The van der Waals surface area contributed by atoms with Crippen LogP contribution in [0.5, 0.6) is 0 Å². The van der Waals surface area contributed by atoms with E-state index < -0.39 is 42.3 Å². The summed E-state index contributed by atoms with van der Waals surface area (Å²) in [5.74, 6) is -2.33. The lowest BCUT2D eigenvalue weighted by Gasteiger charge is -2.16. The second kappa shape index (κ2) is 10.1. The minimum atomic E-state index is -4.96. The minimum absolute atomic E-state index is 0.0427. The van der Waals surface area contributed by atoms with Gasteiger partial charge in [0.2, 0.25) is 0 Å². The number of alkyl halides is 3. The van der Waals surface area contributed by atoms with Crippen molar-refractivity contribution < 1.29 is 32.2 Å². The number of nitrogens with zero attached hydrogens (tertiary/aromatic N) is 5. The molecule has 0 aliphatic rings. The van der Waals surface area contributed by atoms with Gasteiger partial charge in [-0.2, -0.15) is 13.2 Å². The zero-order valence-electron chi connectivity index (χ0n) is 19.0. The molecule has 4 aromatic rings. The van der Waals surface area contributed by atoms with Crippen LogP contribution in [-0.4, -0.2) is 46.4 Å². The van der Waals surface area contributed by atoms with E-state index in [1.54, 1.807) is 0 Å². The Kier molecular flexibility index (Phi) is 7.22. The van der Waals surface area contributed by atoms with Crippen molar-refractivity contribution in [2.75, 3.05) is 0 Å². The summed E-state index contributed by atoms with van der Waals surface area (Å²) in [6.07, 6.45) is -7.69. The number of halogens is 6. The van der Waals surface area contributed by atoms with E-state index in [9.17, 15) is 37.0 Å². The quantitative estimate of drug-likeness (QED) is 0.345. The molecule has 0 saturated carbocycles. The monoisotopic (exact) mass is 543 g/mol. The van der Waals surface area contributed by atoms with E-state index in [4.69, 9.17) is 11.6 Å². The number of aliphatic hydroxyl groups excluding tert-OH is 2. The topological polar surface area (TPSA) is 98.1 Å². The highest BCUT2D eigenvalue weighted by Crippen LogP contribution is 2.25. The van der Waals surface area contributed by atoms with Gasteiger partial charge >= 0.3 is 11.9 Å². The summed E-state index contributed by atoms with van der Waals surface area (Å²) in [5.41, 5.74) is -0.412. The molecule has 0 fully saturated rings. The first-order valence-electron chi connectivity index (χ1n) is 10.7. The molecule has 0 aliphatic carbocycles. The first-order valence-corrected chi connectivity index (χ1v) is 11.1. The zero-order valence-corrected chi connectivity index (χ0v) is 19.8. The molecule has 0 aliphatic heterocycles. The highest BCUT2D eigenvalue weighted by molar-refractivity contribution is 6.30. The lowest BCUT2D eigenvalue weighted by atomic mass is 10.1. The fourth-order valence-corrected chi connectivity index (χ4v) is 3.74. The summed E-state index contributed by atoms with van der Waals surface area (Å²) in [5, 5.41) is 24.3. The highest BCUT2D eigenvalue weighted by Gasteiger charge is 2.39. The molecule has 0 amide bonds. The van der Waals surface area contributed by atoms with Crippen molar-refractivity contribution in [2.24, 2.45) is 0 Å². The van der Waals surface area contributed by atoms with Gasteiger partial charge in [0.1, 0.15) is 6.10 Å². The predicted molar refractivity (Wildman–Crippen MR) is 122 cm³/mol. The molecule has 2 aromatic heterocycles. The Morgan fingerprint density at radius 2 is 1.73 bits per heavy atom. The van der Waals surface area contributed by atoms with Gasteiger partial charge in [-0.3, -0.25) is 9.13 Å². The van der Waals surface area contributed by atoms with E-state index in [1.807, 2.05) is 0 Å². The van der Waals surface area contributed by atoms with Crippen LogP contribution in [0.25, 0.3) is 16.9 Å². The van der Waals surface area contributed by atoms with Gasteiger partial charge in [0.15, 0.2) is 29.4 Å². The van der Waals surface area contributed by atoms with Gasteiger partial charge < -0.3 is 10.2 Å². The molecule has 4 rings (SSSR count). The van der Waals surface area contributed by atoms with E-state index in [0.29, 0.717) is 10.6 Å². The molecule has 2 unspecified atom stereocenters. The average Bonchev–Trinajstić information content (AvgIpc) is 3.38. The standard InChI is InChI=1S/C23H19ClF5N5O3/c1-12(35)21-30-20(31-34(21)15-6-7-16(25)17(26)8-15)11-32-9-18(13-2-4-14(24)5-3-13)33(22(32)37)10-19(36)23(27,28)29/h2-9,12,19,35-36H,10-11H2,1H3. The fraction of sp³-hybridized carbons (Fsp3) is 0.261. The molecule has 2 heterocycles. The molecule has 8 nitrogen and oxygen atoms in total. The maximum absolute atomic E-state index is 13.8. The van der Waals surface area contributed by atoms with Crippen LogP contribution >= 0.6 is 11.6 Å². The third-order valence-electron chi connectivity index (χ3n) is 5.43. The highest BCUT2D eigenvalue weighted by atomic mass is 35.5. The number of hydrogen-bond donors (Lipinski definition) is 2. The molecule has 2 atom stereocenters. The number of benzene rings is 2. The SMILES string of the molecule is CC(O)c1nc(Cn2cc(-c3ccc(Cl)cc3)n(CC(O)C(F)(F)F)c2=O)nn1-c1ccc(F)c(F)c1. The fourth-order valence-electron chi connectivity index (χ4n) is 3.61. The van der Waals surface area contributed by atoms with Crippen LogP contribution in [0.15, 0.2) is 53.5 Å². The van der Waals surface area contributed by atoms with E-state index in [-0.39, 0.29) is 29.6 Å². The third-order valence-corrected chi connectivity index (χ3v) is 5.68. The Bertz CT molecular complexity index is 1480. The van der Waals surface area contributed by atoms with Crippen LogP contribution in [0.1, 0.15) is 24.7 Å². The first kappa shape index (κ1) is 26.5. The van der Waals surface area contributed by atoms with Gasteiger partial charge in [-0.15, -0.1) is 5.10 Å². The maximum Gasteiger partial charge on any atom is 0.416 e. The molecule has 0 spiro atoms. The van der Waals surface area contributed by atoms with Crippen LogP contribution < -0.4 is 5.69 Å². The van der Waals surface area contributed by atoms with Gasteiger partial charge in [0, 0.05) is 17.3 Å². The van der Waals surface area contributed by atoms with Crippen molar-refractivity contribution in [1.29, 1.82) is 0 Å². The summed E-state index contributed by atoms with van der Waals surface area (Å²) in [6.45, 7) is -0.0438. The Labute approximate surface area is 210 Å². The molecule has 14 heteroatoms. The van der Waals surface area contributed by atoms with Crippen molar-refractivity contribution in [3.8, 4) is 16.9 Å². The summed E-state index contributed by atoms with van der Waals surface area (Å²) in [7, 11) is 0. The molecular formula is C23H19ClF5N5O3. The van der Waals surface area contributed by atoms with E-state index in [2.05, 4.69) is 10.1 Å². The van der Waals surface area contributed by atoms with Crippen LogP contribution in [0, 0.1) is 11.6 Å². The lowest BCUT2D eigenvalue weighted by molar-refractivity contribution is -0.207. The number of imidazole rings is 1. The molecular weight excluding hydrogens is 525 g/mol. The van der Waals surface area contributed by atoms with Crippen molar-refractivity contribution in [1.82, 2.24) is 23.9 Å². The van der Waals surface area contributed by atoms with Gasteiger partial charge in [0.25, 0.3) is 0 Å². The second-order valence-electron chi connectivity index (χ2n) is 8.17. The molecule has 0 saturated heterocycles. The Morgan fingerprint density at radius 3 is 2.32 bits per heavy atom. The van der Waals surface area contributed by atoms with Crippen LogP contribution in [0.4, 0.5) is 22.0 Å². The van der Waals surface area contributed by atoms with Crippen molar-refractivity contribution in [3.05, 3.63) is 87.5 Å². The van der Waals surface area contributed by atoms with Gasteiger partial charge in [-0.1, -0.05) is 23.7 Å². The normalized spacial score (nSPS) is 13.6. The summed E-state index contributed by atoms with van der Waals surface area (Å²) >= 11 is 5.89. The van der Waals surface area contributed by atoms with Gasteiger partial charge in [-0.25, -0.2) is 23.2 Å². The van der Waals surface area contributed by atoms with Crippen LogP contribution in [0.3, 0.4) is 0 Å². The zero-order chi connectivity index (χ0) is 27.1. The third kappa shape index (κ3) is 5.58. The second-order valence-corrected chi connectivity index (χ2v) is 8.61. The van der Waals surface area contributed by atoms with Crippen LogP contribution in [0.2, 0.25) is 5.02 Å². The molecule has 0 bridgehead atoms. The molecule has 2 aromatic carbocycles. The number of aliphatic hydroxyl groups is 2. The maximum atomic E-state index is 13.8. The lowest BCUT2D eigenvalue weighted by Crippen LogP contribution is -2.37. The number of hydrogen-bond acceptors (Lipinski definition) is 5. The first-order chi connectivity index (χ1) is 17.3. The Balaban J connectivity index is 1.77. The predicted octanol–water partition coefficient (Wildman–Crippen LogP) is 3.85. The molecule has 0 radical (unpaired) electrons. The minimum Gasteiger partial charge on any atom is -0.385 e. The van der Waals surface area contributed by atoms with Crippen molar-refractivity contribution >= 4 is 11.6 Å². The number of rotatable bonds is 7. The summed E-state index contributed by atoms with van der Waals surface area (Å²) in [4.78, 5) is 17.3. The van der Waals surface area contributed by atoms with E-state index in [0.717, 1.165) is 25.9 Å². The Morgan fingerprint density at radius 1 is 1.05 bits per heavy atom. The number of aromatic nitrogens is 5. The van der Waals surface area contributed by atoms with Gasteiger partial charge in [-0.05, 0) is 36.8 Å². The largest absolute Gasteiger partial charge is 0.416 e. The molecule has 2 N–H and O–H groups in total. The van der Waals surface area contributed by atoms with Gasteiger partial charge in [0.05, 0.1) is 24.5 Å². The van der Waals surface area contributed by atoms with E-state index >= 15 is 0 Å². The summed E-state index contributed by atoms with van der Waals surface area (Å²) in [6, 6.07) is 8.90. The molecule has 37 heavy (non-hydrogen) atoms. The smallest absolute Gasteiger partial charge is 0.385 e. The van der Waals surface area contributed by atoms with Crippen molar-refractivity contribution in [2.45, 2.75) is 38.4 Å². The van der Waals surface area contributed by atoms with Crippen LogP contribution in [-0.2, 0) is 13.1 Å². The Hall–Kier alpha value is -3.55. The van der Waals surface area contributed by atoms with Crippen molar-refractivity contribution in [3.63, 3.8) is 0 Å². The average molecular weight is 544 g/mol. The van der Waals surface area contributed by atoms with E-state index in [1.165, 1.54) is 43.5 Å². The summed E-state index contributed by atoms with van der Waals surface area (Å²) < 4.78 is 69.2. The molecule has 196 valence electrons.